The minimum atomic E-state index is -4.27. The molecule has 0 N–H and O–H groups in total. The van der Waals surface area contributed by atoms with Gasteiger partial charge in [-0.2, -0.15) is 0 Å². The van der Waals surface area contributed by atoms with Crippen LogP contribution in [0.25, 0.3) is 0 Å². The Bertz CT molecular complexity index is 569. The Hall–Kier alpha value is -1.46. The molecule has 110 valence electrons. The number of quaternary nitrogens is 1. The van der Waals surface area contributed by atoms with Gasteiger partial charge in [0.2, 0.25) is 0 Å². The normalized spacial score (nSPS) is 17.5. The number of nitrogens with zero attached hydrogens (tertiary/aromatic N) is 2. The Labute approximate surface area is 119 Å². The highest BCUT2D eigenvalue weighted by Gasteiger charge is 2.24. The topological polar surface area (TPSA) is 90.2 Å². The largest absolute Gasteiger partial charge is 0.744 e. The minimum absolute atomic E-state index is 0.178. The quantitative estimate of drug-likeness (QED) is 0.435. The molecular weight excluding hydrogens is 280 g/mol. The van der Waals surface area contributed by atoms with Gasteiger partial charge in [0.05, 0.1) is 25.2 Å². The van der Waals surface area contributed by atoms with E-state index in [2.05, 4.69) is 6.19 Å². The van der Waals surface area contributed by atoms with Gasteiger partial charge in [0.1, 0.15) is 23.2 Å². The van der Waals surface area contributed by atoms with Crippen LogP contribution in [0.1, 0.15) is 5.56 Å². The molecule has 1 saturated heterocycles. The van der Waals surface area contributed by atoms with Gasteiger partial charge in [0.15, 0.2) is 0 Å². The lowest BCUT2D eigenvalue weighted by molar-refractivity contribution is -0.854. The summed E-state index contributed by atoms with van der Waals surface area (Å²) in [5.41, 5.74) is 0.928. The van der Waals surface area contributed by atoms with E-state index in [-0.39, 0.29) is 4.90 Å². The molecule has 0 amide bonds. The molecule has 0 unspecified atom stereocenters. The predicted molar refractivity (Wildman–Crippen MR) is 71.5 cm³/mol. The Morgan fingerprint density at radius 3 is 2.10 bits per heavy atom. The first-order valence-corrected chi connectivity index (χ1v) is 7.54. The third-order valence-corrected chi connectivity index (χ3v) is 3.86. The summed E-state index contributed by atoms with van der Waals surface area (Å²) in [7, 11) is -2.34. The van der Waals surface area contributed by atoms with Crippen LogP contribution < -0.4 is 0 Å². The van der Waals surface area contributed by atoms with E-state index < -0.39 is 10.1 Å². The van der Waals surface area contributed by atoms with Crippen molar-refractivity contribution < 1.29 is 22.2 Å². The zero-order valence-electron chi connectivity index (χ0n) is 11.6. The summed E-state index contributed by atoms with van der Waals surface area (Å²) in [5.74, 6) is 0. The summed E-state index contributed by atoms with van der Waals surface area (Å²) in [5, 5.41) is 8.62. The maximum atomic E-state index is 10.4. The second-order valence-electron chi connectivity index (χ2n) is 4.82. The standard InChI is InChI=1S/C7H8O3S.C6H11N2O/c1-6-2-4-7(5-3-6)11(8,9)10;1-8(6-7)2-4-9-5-3-8/h2-5H,1H3,(H,8,9,10);2-5H2,1H3/q;+1/p-1. The van der Waals surface area contributed by atoms with Crippen molar-refractivity contribution in [1.82, 2.24) is 0 Å². The fourth-order valence-corrected chi connectivity index (χ4v) is 2.02. The molecule has 0 aliphatic carbocycles. The number of benzene rings is 1. The van der Waals surface area contributed by atoms with Crippen molar-refractivity contribution in [3.05, 3.63) is 29.8 Å². The molecule has 1 aromatic carbocycles. The molecule has 0 atom stereocenters. The van der Waals surface area contributed by atoms with Gasteiger partial charge in [0, 0.05) is 0 Å². The number of likely N-dealkylation sites (N-methyl/N-ethyl adjacent to an activating group) is 1. The van der Waals surface area contributed by atoms with E-state index >= 15 is 0 Å². The van der Waals surface area contributed by atoms with Crippen LogP contribution >= 0.6 is 0 Å². The zero-order valence-corrected chi connectivity index (χ0v) is 12.4. The van der Waals surface area contributed by atoms with Gasteiger partial charge in [-0.15, -0.1) is 5.26 Å². The number of aryl methyl sites for hydroxylation is 1. The number of hydrogen-bond donors (Lipinski definition) is 0. The number of ether oxygens (including phenoxy) is 1. The molecule has 20 heavy (non-hydrogen) atoms. The molecule has 1 aliphatic heterocycles. The second kappa shape index (κ2) is 6.81. The van der Waals surface area contributed by atoms with Gasteiger partial charge in [-0.25, -0.2) is 12.9 Å². The van der Waals surface area contributed by atoms with Gasteiger partial charge < -0.3 is 9.29 Å². The van der Waals surface area contributed by atoms with E-state index in [0.717, 1.165) is 31.9 Å². The number of hydrogen-bond acceptors (Lipinski definition) is 5. The molecule has 1 aromatic rings. The number of morpholine rings is 1. The average Bonchev–Trinajstić information content (AvgIpc) is 2.40. The second-order valence-corrected chi connectivity index (χ2v) is 6.20. The van der Waals surface area contributed by atoms with E-state index in [4.69, 9.17) is 10.00 Å². The first-order chi connectivity index (χ1) is 9.27. The van der Waals surface area contributed by atoms with Crippen LogP contribution in [0.5, 0.6) is 0 Å². The van der Waals surface area contributed by atoms with Gasteiger partial charge in [0.25, 0.3) is 0 Å². The molecule has 1 heterocycles. The Balaban J connectivity index is 0.000000204. The lowest BCUT2D eigenvalue weighted by Crippen LogP contribution is -2.47. The molecule has 7 heteroatoms. The van der Waals surface area contributed by atoms with Crippen molar-refractivity contribution in [2.24, 2.45) is 0 Å². The lowest BCUT2D eigenvalue weighted by Gasteiger charge is -2.28. The smallest absolute Gasteiger partial charge is 0.308 e. The number of rotatable bonds is 1. The van der Waals surface area contributed by atoms with Crippen LogP contribution in [0.2, 0.25) is 0 Å². The Morgan fingerprint density at radius 1 is 1.25 bits per heavy atom. The molecule has 0 saturated carbocycles. The minimum Gasteiger partial charge on any atom is -0.744 e. The monoisotopic (exact) mass is 298 g/mol. The van der Waals surface area contributed by atoms with Crippen LogP contribution in [-0.4, -0.2) is 50.8 Å². The summed E-state index contributed by atoms with van der Waals surface area (Å²) >= 11 is 0. The lowest BCUT2D eigenvalue weighted by atomic mass is 10.2. The maximum Gasteiger partial charge on any atom is 0.308 e. The third-order valence-electron chi connectivity index (χ3n) is 3.01. The van der Waals surface area contributed by atoms with E-state index in [0.29, 0.717) is 4.48 Å². The van der Waals surface area contributed by atoms with Crippen molar-refractivity contribution in [2.75, 3.05) is 33.4 Å². The van der Waals surface area contributed by atoms with E-state index in [1.165, 1.54) is 12.1 Å². The fraction of sp³-hybridized carbons (Fsp3) is 0.462. The summed E-state index contributed by atoms with van der Waals surface area (Å²) in [6.45, 7) is 4.93. The van der Waals surface area contributed by atoms with Crippen molar-refractivity contribution in [3.63, 3.8) is 0 Å². The highest BCUT2D eigenvalue weighted by Crippen LogP contribution is 2.08. The highest BCUT2D eigenvalue weighted by molar-refractivity contribution is 7.85. The van der Waals surface area contributed by atoms with Gasteiger partial charge in [-0.05, 0) is 19.1 Å². The summed E-state index contributed by atoms with van der Waals surface area (Å²) < 4.78 is 36.8. The highest BCUT2D eigenvalue weighted by atomic mass is 32.2. The van der Waals surface area contributed by atoms with Gasteiger partial charge in [-0.1, -0.05) is 17.7 Å². The maximum absolute atomic E-state index is 10.4. The Morgan fingerprint density at radius 2 is 1.75 bits per heavy atom. The van der Waals surface area contributed by atoms with Crippen molar-refractivity contribution in [1.29, 1.82) is 5.26 Å². The molecule has 0 aromatic heterocycles. The van der Waals surface area contributed by atoms with E-state index in [1.807, 2.05) is 14.0 Å². The third kappa shape index (κ3) is 5.27. The molecule has 0 spiro atoms. The summed E-state index contributed by atoms with van der Waals surface area (Å²) in [6, 6.07) is 5.78. The molecular formula is C13H18N2O4S. The van der Waals surface area contributed by atoms with E-state index in [9.17, 15) is 13.0 Å². The predicted octanol–water partition coefficient (Wildman–Crippen LogP) is 0.843. The summed E-state index contributed by atoms with van der Waals surface area (Å²) in [4.78, 5) is -0.178. The van der Waals surface area contributed by atoms with E-state index in [1.54, 1.807) is 12.1 Å². The van der Waals surface area contributed by atoms with Crippen LogP contribution in [0.4, 0.5) is 0 Å². The molecule has 0 radical (unpaired) electrons. The van der Waals surface area contributed by atoms with Crippen LogP contribution in [-0.2, 0) is 14.9 Å². The molecule has 1 fully saturated rings. The molecule has 0 bridgehead atoms. The first-order valence-electron chi connectivity index (χ1n) is 6.13. The van der Waals surface area contributed by atoms with Crippen molar-refractivity contribution >= 4 is 10.1 Å². The average molecular weight is 298 g/mol. The van der Waals surface area contributed by atoms with Crippen molar-refractivity contribution in [3.8, 4) is 6.19 Å². The van der Waals surface area contributed by atoms with Crippen LogP contribution in [0, 0.1) is 18.4 Å². The molecule has 1 aliphatic rings. The fourth-order valence-electron chi connectivity index (χ4n) is 1.55. The zero-order chi connectivity index (χ0) is 15.2. The Kier molecular flexibility index (Phi) is 5.65. The van der Waals surface area contributed by atoms with Crippen LogP contribution in [0.3, 0.4) is 0 Å². The SMILES string of the molecule is C[N+]1(C#N)CCOCC1.Cc1ccc(S(=O)(=O)[O-])cc1. The van der Waals surface area contributed by atoms with Gasteiger partial charge >= 0.3 is 6.19 Å². The first kappa shape index (κ1) is 16.6. The summed E-state index contributed by atoms with van der Waals surface area (Å²) in [6.07, 6.45) is 2.24. The van der Waals surface area contributed by atoms with Gasteiger partial charge in [-0.3, -0.25) is 0 Å². The van der Waals surface area contributed by atoms with Crippen LogP contribution in [0.15, 0.2) is 29.2 Å². The molecule has 2 rings (SSSR count). The number of nitriles is 1. The molecule has 6 nitrogen and oxygen atoms in total. The van der Waals surface area contributed by atoms with Crippen molar-refractivity contribution in [2.45, 2.75) is 11.8 Å².